The van der Waals surface area contributed by atoms with Gasteiger partial charge in [0.2, 0.25) is 5.91 Å². The Labute approximate surface area is 173 Å². The number of hydrogen-bond acceptors (Lipinski definition) is 2. The highest BCUT2D eigenvalue weighted by Gasteiger charge is 2.22. The molecule has 1 aliphatic rings. The predicted octanol–water partition coefficient (Wildman–Crippen LogP) is 4.75. The summed E-state index contributed by atoms with van der Waals surface area (Å²) >= 11 is 0. The molecule has 0 unspecified atom stereocenters. The fourth-order valence-corrected chi connectivity index (χ4v) is 4.21. The second-order valence-corrected chi connectivity index (χ2v) is 7.75. The van der Waals surface area contributed by atoms with Crippen molar-refractivity contribution in [3.05, 3.63) is 107 Å². The van der Waals surface area contributed by atoms with Crippen LogP contribution in [0, 0.1) is 0 Å². The van der Waals surface area contributed by atoms with E-state index in [1.165, 1.54) is 22.3 Å². The summed E-state index contributed by atoms with van der Waals surface area (Å²) in [6.45, 7) is 0.311. The molecule has 1 aliphatic carbocycles. The van der Waals surface area contributed by atoms with Crippen LogP contribution in [0.25, 0.3) is 0 Å². The summed E-state index contributed by atoms with van der Waals surface area (Å²) in [6.07, 6.45) is 4.09. The number of aryl methyl sites for hydroxylation is 1. The van der Waals surface area contributed by atoms with Gasteiger partial charge in [-0.1, -0.05) is 84.9 Å². The van der Waals surface area contributed by atoms with E-state index >= 15 is 0 Å². The fraction of sp³-hybridized carbons (Fsp3) is 0.269. The van der Waals surface area contributed by atoms with E-state index in [2.05, 4.69) is 71.3 Å². The Hall–Kier alpha value is -2.91. The molecule has 0 saturated heterocycles. The molecule has 3 nitrogen and oxygen atoms in total. The molecular formula is C26H28N2O. The maximum absolute atomic E-state index is 12.7. The van der Waals surface area contributed by atoms with Crippen molar-refractivity contribution in [2.45, 2.75) is 37.8 Å². The third-order valence-corrected chi connectivity index (χ3v) is 5.70. The van der Waals surface area contributed by atoms with Gasteiger partial charge in [-0.3, -0.25) is 4.79 Å². The van der Waals surface area contributed by atoms with E-state index in [9.17, 15) is 4.79 Å². The monoisotopic (exact) mass is 384 g/mol. The number of nitrogens with one attached hydrogen (secondary N) is 2. The Morgan fingerprint density at radius 3 is 2.38 bits per heavy atom. The summed E-state index contributed by atoms with van der Waals surface area (Å²) < 4.78 is 0. The lowest BCUT2D eigenvalue weighted by atomic mass is 9.88. The first-order valence-electron chi connectivity index (χ1n) is 10.5. The third-order valence-electron chi connectivity index (χ3n) is 5.70. The highest BCUT2D eigenvalue weighted by molar-refractivity contribution is 5.78. The van der Waals surface area contributed by atoms with Crippen LogP contribution < -0.4 is 10.6 Å². The van der Waals surface area contributed by atoms with Crippen LogP contribution in [0.4, 0.5) is 0 Å². The molecule has 0 saturated carbocycles. The quantitative estimate of drug-likeness (QED) is 0.617. The molecule has 0 bridgehead atoms. The summed E-state index contributed by atoms with van der Waals surface area (Å²) in [7, 11) is 0. The maximum atomic E-state index is 12.7. The Morgan fingerprint density at radius 1 is 0.897 bits per heavy atom. The Bertz CT molecular complexity index is 924. The highest BCUT2D eigenvalue weighted by atomic mass is 16.2. The fourth-order valence-electron chi connectivity index (χ4n) is 4.21. The van der Waals surface area contributed by atoms with Crippen molar-refractivity contribution in [1.82, 2.24) is 10.6 Å². The molecule has 4 rings (SSSR count). The largest absolute Gasteiger partial charge is 0.348 e. The topological polar surface area (TPSA) is 41.1 Å². The maximum Gasteiger partial charge on any atom is 0.234 e. The molecule has 1 amide bonds. The lowest BCUT2D eigenvalue weighted by Gasteiger charge is -2.27. The van der Waals surface area contributed by atoms with Crippen LogP contribution in [-0.2, 0) is 17.6 Å². The molecule has 0 aliphatic heterocycles. The van der Waals surface area contributed by atoms with Crippen LogP contribution in [0.5, 0.6) is 0 Å². The van der Waals surface area contributed by atoms with Crippen molar-refractivity contribution in [2.24, 2.45) is 0 Å². The van der Waals surface area contributed by atoms with Gasteiger partial charge in [0.05, 0.1) is 12.6 Å². The minimum atomic E-state index is 0.0562. The number of rotatable bonds is 7. The Balaban J connectivity index is 1.40. The lowest BCUT2D eigenvalue weighted by Crippen LogP contribution is -2.39. The highest BCUT2D eigenvalue weighted by Crippen LogP contribution is 2.29. The number of carbonyl (C=O) groups is 1. The minimum absolute atomic E-state index is 0.0562. The van der Waals surface area contributed by atoms with Crippen LogP contribution >= 0.6 is 0 Å². The zero-order chi connectivity index (χ0) is 19.9. The Morgan fingerprint density at radius 2 is 1.59 bits per heavy atom. The summed E-state index contributed by atoms with van der Waals surface area (Å²) in [6, 6.07) is 29.5. The molecule has 3 heteroatoms. The summed E-state index contributed by atoms with van der Waals surface area (Å²) in [5.41, 5.74) is 5.10. The molecule has 0 aromatic heterocycles. The average molecular weight is 385 g/mol. The zero-order valence-electron chi connectivity index (χ0n) is 16.7. The van der Waals surface area contributed by atoms with E-state index < -0.39 is 0 Å². The first-order chi connectivity index (χ1) is 14.3. The van der Waals surface area contributed by atoms with Crippen molar-refractivity contribution in [3.8, 4) is 0 Å². The van der Waals surface area contributed by atoms with Crippen molar-refractivity contribution < 1.29 is 4.79 Å². The first kappa shape index (κ1) is 19.4. The second-order valence-electron chi connectivity index (χ2n) is 7.75. The van der Waals surface area contributed by atoms with Crippen LogP contribution in [-0.4, -0.2) is 12.5 Å². The van der Waals surface area contributed by atoms with Crippen molar-refractivity contribution >= 4 is 5.91 Å². The predicted molar refractivity (Wildman–Crippen MR) is 118 cm³/mol. The molecule has 0 fully saturated rings. The molecule has 3 aromatic carbocycles. The molecule has 2 atom stereocenters. The van der Waals surface area contributed by atoms with Gasteiger partial charge in [-0.25, -0.2) is 0 Å². The minimum Gasteiger partial charge on any atom is -0.348 e. The number of fused-ring (bicyclic) bond motifs is 1. The lowest BCUT2D eigenvalue weighted by molar-refractivity contribution is -0.121. The third kappa shape index (κ3) is 5.12. The summed E-state index contributed by atoms with van der Waals surface area (Å²) in [4.78, 5) is 12.7. The van der Waals surface area contributed by atoms with E-state index in [4.69, 9.17) is 0 Å². The zero-order valence-corrected chi connectivity index (χ0v) is 16.7. The van der Waals surface area contributed by atoms with E-state index in [1.807, 2.05) is 24.3 Å². The number of hydrogen-bond donors (Lipinski definition) is 2. The first-order valence-corrected chi connectivity index (χ1v) is 10.5. The van der Waals surface area contributed by atoms with E-state index in [1.54, 1.807) is 0 Å². The number of benzene rings is 3. The van der Waals surface area contributed by atoms with Gasteiger partial charge in [0, 0.05) is 6.04 Å². The van der Waals surface area contributed by atoms with E-state index in [0.29, 0.717) is 6.54 Å². The van der Waals surface area contributed by atoms with Crippen LogP contribution in [0.2, 0.25) is 0 Å². The van der Waals surface area contributed by atoms with Gasteiger partial charge in [-0.15, -0.1) is 0 Å². The van der Waals surface area contributed by atoms with Crippen molar-refractivity contribution in [1.29, 1.82) is 0 Å². The van der Waals surface area contributed by atoms with Crippen molar-refractivity contribution in [2.75, 3.05) is 6.54 Å². The summed E-state index contributed by atoms with van der Waals surface area (Å²) in [5, 5.41) is 6.73. The van der Waals surface area contributed by atoms with Gasteiger partial charge < -0.3 is 10.6 Å². The van der Waals surface area contributed by atoms with Crippen LogP contribution in [0.3, 0.4) is 0 Å². The Kier molecular flexibility index (Phi) is 6.38. The van der Waals surface area contributed by atoms with Gasteiger partial charge >= 0.3 is 0 Å². The number of amides is 1. The molecule has 0 spiro atoms. The smallest absolute Gasteiger partial charge is 0.234 e. The van der Waals surface area contributed by atoms with Gasteiger partial charge in [-0.05, 0) is 47.9 Å². The van der Waals surface area contributed by atoms with Crippen LogP contribution in [0.15, 0.2) is 84.9 Å². The molecule has 29 heavy (non-hydrogen) atoms. The van der Waals surface area contributed by atoms with Gasteiger partial charge in [0.15, 0.2) is 0 Å². The van der Waals surface area contributed by atoms with Gasteiger partial charge in [0.1, 0.15) is 0 Å². The SMILES string of the molecule is O=C(CN[C@H](Cc1ccccc1)c1ccccc1)N[C@@H]1CCCc2ccccc21. The van der Waals surface area contributed by atoms with E-state index in [0.717, 1.165) is 25.7 Å². The molecule has 148 valence electrons. The average Bonchev–Trinajstić information content (AvgIpc) is 2.78. The molecule has 3 aromatic rings. The standard InChI is InChI=1S/C26H28N2O/c29-26(28-24-17-9-15-21-12-7-8-16-23(21)24)19-27-25(22-13-5-2-6-14-22)18-20-10-3-1-4-11-20/h1-8,10-14,16,24-25,27H,9,15,17-19H2,(H,28,29)/t24-,25-/m1/s1. The van der Waals surface area contributed by atoms with Crippen molar-refractivity contribution in [3.63, 3.8) is 0 Å². The van der Waals surface area contributed by atoms with Gasteiger partial charge in [-0.2, -0.15) is 0 Å². The number of carbonyl (C=O) groups excluding carboxylic acids is 1. The van der Waals surface area contributed by atoms with Crippen LogP contribution in [0.1, 0.15) is 47.2 Å². The second kappa shape index (κ2) is 9.53. The molecule has 0 radical (unpaired) electrons. The normalized spacial score (nSPS) is 16.6. The molecule has 2 N–H and O–H groups in total. The summed E-state index contributed by atoms with van der Waals surface area (Å²) in [5.74, 6) is 0.0562. The molecular weight excluding hydrogens is 356 g/mol. The molecule has 0 heterocycles. The van der Waals surface area contributed by atoms with E-state index in [-0.39, 0.29) is 18.0 Å². The van der Waals surface area contributed by atoms with Gasteiger partial charge in [0.25, 0.3) is 0 Å².